The summed E-state index contributed by atoms with van der Waals surface area (Å²) in [6.45, 7) is 4.17. The molecular weight excluding hydrogens is 330 g/mol. The molecule has 3 aliphatic rings. The minimum atomic E-state index is -0.617. The van der Waals surface area contributed by atoms with Crippen molar-refractivity contribution in [3.05, 3.63) is 24.4 Å². The van der Waals surface area contributed by atoms with E-state index in [0.717, 1.165) is 70.5 Å². The second kappa shape index (κ2) is 7.23. The highest BCUT2D eigenvalue weighted by Crippen LogP contribution is 2.32. The molecule has 1 aromatic heterocycles. The summed E-state index contributed by atoms with van der Waals surface area (Å²) in [6.07, 6.45) is 7.90. The third kappa shape index (κ3) is 3.28. The molecule has 140 valence electrons. The molecule has 0 unspecified atom stereocenters. The molecule has 26 heavy (non-hydrogen) atoms. The van der Waals surface area contributed by atoms with E-state index >= 15 is 0 Å². The number of nitrogens with zero attached hydrogens (tertiary/aromatic N) is 2. The Hall–Kier alpha value is -2.15. The highest BCUT2D eigenvalue weighted by Gasteiger charge is 2.51. The zero-order valence-corrected chi connectivity index (χ0v) is 15.3. The summed E-state index contributed by atoms with van der Waals surface area (Å²) < 4.78 is 0. The van der Waals surface area contributed by atoms with E-state index in [1.807, 2.05) is 18.3 Å². The molecule has 7 heteroatoms. The van der Waals surface area contributed by atoms with Crippen molar-refractivity contribution in [1.82, 2.24) is 10.2 Å². The van der Waals surface area contributed by atoms with E-state index in [1.54, 1.807) is 0 Å². The molecule has 2 saturated heterocycles. The summed E-state index contributed by atoms with van der Waals surface area (Å²) >= 11 is 0. The Kier molecular flexibility index (Phi) is 4.80. The normalized spacial score (nSPS) is 24.0. The number of aromatic amines is 1. The van der Waals surface area contributed by atoms with Crippen LogP contribution in [0.15, 0.2) is 24.4 Å². The van der Waals surface area contributed by atoms with Crippen LogP contribution in [0.2, 0.25) is 0 Å². The lowest BCUT2D eigenvalue weighted by molar-refractivity contribution is -0.908. The molecule has 0 bridgehead atoms. The summed E-state index contributed by atoms with van der Waals surface area (Å²) in [6, 6.07) is 5.90. The molecule has 1 spiro atoms. The topological polar surface area (TPSA) is 71.2 Å². The quantitative estimate of drug-likeness (QED) is 0.735. The van der Waals surface area contributed by atoms with Gasteiger partial charge in [0.05, 0.1) is 6.20 Å². The molecular formula is C19H29N5O2+2. The standard InChI is InChI=1S/C19H27N5O2/c25-17-19(8-4-1-2-5-9-19)21-18(26)24(17)15-22-11-13-23(14-12-22)16-7-3-6-10-20-16/h3,6-7,10H,1-2,4-5,8-9,11-15H2,(H,21,26)/p+2. The highest BCUT2D eigenvalue weighted by molar-refractivity contribution is 6.06. The van der Waals surface area contributed by atoms with Gasteiger partial charge in [-0.15, -0.1) is 0 Å². The Labute approximate surface area is 154 Å². The molecule has 4 rings (SSSR count). The first-order valence-electron chi connectivity index (χ1n) is 9.87. The van der Waals surface area contributed by atoms with Crippen molar-refractivity contribution in [2.45, 2.75) is 44.1 Å². The number of amides is 3. The van der Waals surface area contributed by atoms with Gasteiger partial charge in [0.25, 0.3) is 11.7 Å². The summed E-state index contributed by atoms with van der Waals surface area (Å²) in [5.74, 6) is 1.13. The predicted octanol–water partition coefficient (Wildman–Crippen LogP) is -0.192. The summed E-state index contributed by atoms with van der Waals surface area (Å²) in [4.78, 5) is 33.9. The zero-order valence-electron chi connectivity index (χ0n) is 15.3. The SMILES string of the molecule is O=C1NC2(CCCCCC2)C(=O)N1C[NH+]1CCN(c2cccc[nH+]2)CC1. The van der Waals surface area contributed by atoms with Crippen LogP contribution in [-0.2, 0) is 4.79 Å². The van der Waals surface area contributed by atoms with Gasteiger partial charge in [-0.2, -0.15) is 0 Å². The van der Waals surface area contributed by atoms with Gasteiger partial charge in [-0.1, -0.05) is 31.7 Å². The maximum Gasteiger partial charge on any atom is 0.329 e. The van der Waals surface area contributed by atoms with Crippen LogP contribution in [0.3, 0.4) is 0 Å². The number of urea groups is 1. The average Bonchev–Trinajstić information content (AvgIpc) is 2.84. The molecule has 1 aromatic rings. The average molecular weight is 359 g/mol. The van der Waals surface area contributed by atoms with Gasteiger partial charge in [0.1, 0.15) is 31.7 Å². The Morgan fingerprint density at radius 2 is 1.81 bits per heavy atom. The second-order valence-corrected chi connectivity index (χ2v) is 7.80. The van der Waals surface area contributed by atoms with Gasteiger partial charge in [0.15, 0.2) is 6.67 Å². The van der Waals surface area contributed by atoms with Gasteiger partial charge in [0.2, 0.25) is 0 Å². The molecule has 1 aliphatic carbocycles. The molecule has 3 heterocycles. The molecule has 3 N–H and O–H groups in total. The molecule has 1 saturated carbocycles. The van der Waals surface area contributed by atoms with E-state index in [9.17, 15) is 9.59 Å². The van der Waals surface area contributed by atoms with E-state index in [-0.39, 0.29) is 11.9 Å². The van der Waals surface area contributed by atoms with Crippen LogP contribution < -0.4 is 20.1 Å². The highest BCUT2D eigenvalue weighted by atomic mass is 16.2. The van der Waals surface area contributed by atoms with Crippen molar-refractivity contribution in [2.24, 2.45) is 0 Å². The summed E-state index contributed by atoms with van der Waals surface area (Å²) in [5, 5.41) is 3.04. The lowest BCUT2D eigenvalue weighted by Gasteiger charge is -2.30. The van der Waals surface area contributed by atoms with Crippen LogP contribution in [0.25, 0.3) is 0 Å². The van der Waals surface area contributed by atoms with E-state index in [1.165, 1.54) is 9.80 Å². The number of aromatic nitrogens is 1. The first kappa shape index (κ1) is 17.3. The molecule has 0 aromatic carbocycles. The third-order valence-electron chi connectivity index (χ3n) is 6.09. The van der Waals surface area contributed by atoms with Crippen LogP contribution in [0.5, 0.6) is 0 Å². The van der Waals surface area contributed by atoms with E-state index in [4.69, 9.17) is 0 Å². The third-order valence-corrected chi connectivity index (χ3v) is 6.09. The van der Waals surface area contributed by atoms with Gasteiger partial charge in [-0.3, -0.25) is 9.69 Å². The van der Waals surface area contributed by atoms with Crippen molar-refractivity contribution in [3.8, 4) is 0 Å². The smallest absolute Gasteiger partial charge is 0.323 e. The van der Waals surface area contributed by atoms with Crippen molar-refractivity contribution in [2.75, 3.05) is 37.7 Å². The first-order chi connectivity index (χ1) is 12.7. The van der Waals surface area contributed by atoms with E-state index in [2.05, 4.69) is 21.3 Å². The number of pyridine rings is 1. The van der Waals surface area contributed by atoms with Crippen LogP contribution in [0, 0.1) is 0 Å². The zero-order chi connectivity index (χ0) is 18.0. The van der Waals surface area contributed by atoms with Crippen LogP contribution in [0.1, 0.15) is 38.5 Å². The van der Waals surface area contributed by atoms with Gasteiger partial charge >= 0.3 is 6.03 Å². The van der Waals surface area contributed by atoms with Crippen molar-refractivity contribution < 1.29 is 19.5 Å². The number of H-pyrrole nitrogens is 1. The number of rotatable bonds is 3. The molecule has 3 fully saturated rings. The number of hydrogen-bond donors (Lipinski definition) is 2. The summed E-state index contributed by atoms with van der Waals surface area (Å²) in [7, 11) is 0. The monoisotopic (exact) mass is 359 g/mol. The molecule has 7 nitrogen and oxygen atoms in total. The number of imide groups is 1. The van der Waals surface area contributed by atoms with Gasteiger partial charge in [0, 0.05) is 6.07 Å². The molecule has 0 atom stereocenters. The van der Waals surface area contributed by atoms with Crippen LogP contribution >= 0.6 is 0 Å². The van der Waals surface area contributed by atoms with Gasteiger partial charge in [-0.25, -0.2) is 14.7 Å². The van der Waals surface area contributed by atoms with Crippen LogP contribution in [0.4, 0.5) is 10.6 Å². The van der Waals surface area contributed by atoms with Crippen molar-refractivity contribution in [1.29, 1.82) is 0 Å². The van der Waals surface area contributed by atoms with Gasteiger partial charge in [-0.05, 0) is 18.9 Å². The Morgan fingerprint density at radius 1 is 1.08 bits per heavy atom. The number of anilines is 1. The minimum absolute atomic E-state index is 0.00993. The molecule has 0 radical (unpaired) electrons. The lowest BCUT2D eigenvalue weighted by Crippen LogP contribution is -3.16. The maximum atomic E-state index is 13.0. The number of nitrogens with one attached hydrogen (secondary N) is 3. The van der Waals surface area contributed by atoms with E-state index < -0.39 is 5.54 Å². The molecule has 3 amide bonds. The fourth-order valence-electron chi connectivity index (χ4n) is 4.52. The number of carbonyl (C=O) groups excluding carboxylic acids is 2. The molecule has 2 aliphatic heterocycles. The Balaban J connectivity index is 1.36. The maximum absolute atomic E-state index is 13.0. The summed E-state index contributed by atoms with van der Waals surface area (Å²) in [5.41, 5.74) is -0.617. The lowest BCUT2D eigenvalue weighted by atomic mass is 9.90. The van der Waals surface area contributed by atoms with Crippen molar-refractivity contribution >= 4 is 17.8 Å². The number of piperazine rings is 1. The minimum Gasteiger partial charge on any atom is -0.323 e. The van der Waals surface area contributed by atoms with Gasteiger partial charge < -0.3 is 10.2 Å². The van der Waals surface area contributed by atoms with Crippen LogP contribution in [-0.4, -0.2) is 55.2 Å². The number of quaternary nitrogens is 1. The largest absolute Gasteiger partial charge is 0.329 e. The van der Waals surface area contributed by atoms with E-state index in [0.29, 0.717) is 6.67 Å². The Morgan fingerprint density at radius 3 is 2.46 bits per heavy atom. The number of carbonyl (C=O) groups is 2. The second-order valence-electron chi connectivity index (χ2n) is 7.80. The Bertz CT molecular complexity index is 649. The fourth-order valence-corrected chi connectivity index (χ4v) is 4.52. The fraction of sp³-hybridized carbons (Fsp3) is 0.632. The first-order valence-corrected chi connectivity index (χ1v) is 9.87. The predicted molar refractivity (Wildman–Crippen MR) is 96.6 cm³/mol. The van der Waals surface area contributed by atoms with Crippen molar-refractivity contribution in [3.63, 3.8) is 0 Å². The number of hydrogen-bond acceptors (Lipinski definition) is 3.